The molecule has 0 saturated carbocycles. The molecule has 1 aliphatic heterocycles. The number of carbonyl (C=O) groups is 3. The van der Waals surface area contributed by atoms with Crippen molar-refractivity contribution in [2.45, 2.75) is 71.4 Å². The fourth-order valence-corrected chi connectivity index (χ4v) is 4.61. The van der Waals surface area contributed by atoms with E-state index < -0.39 is 29.9 Å². The molecule has 4 heterocycles. The maximum Gasteiger partial charge on any atom is 0.433 e. The minimum Gasteiger partial charge on any atom is -0.356 e. The number of unbranched alkanes of at least 4 members (excludes halogenated alkanes) is 1. The lowest BCUT2D eigenvalue weighted by molar-refractivity contribution is -0.141. The zero-order valence-electron chi connectivity index (χ0n) is 24.9. The molecule has 3 aromatic heterocycles. The molecule has 44 heavy (non-hydrogen) atoms. The van der Waals surface area contributed by atoms with E-state index in [2.05, 4.69) is 30.7 Å². The zero-order chi connectivity index (χ0) is 32.2. The molecule has 2 atom stereocenters. The number of hydrogen-bond acceptors (Lipinski definition) is 9. The first-order chi connectivity index (χ1) is 20.7. The Hall–Kier alpha value is -4.60. The largest absolute Gasteiger partial charge is 0.433 e. The Bertz CT molecular complexity index is 1510. The molecule has 0 spiro atoms. The summed E-state index contributed by atoms with van der Waals surface area (Å²) in [7, 11) is 1.73. The average Bonchev–Trinajstić information content (AvgIpc) is 3.41. The van der Waals surface area contributed by atoms with Crippen molar-refractivity contribution in [1.29, 1.82) is 0 Å². The molecule has 0 radical (unpaired) electrons. The van der Waals surface area contributed by atoms with E-state index in [9.17, 15) is 27.6 Å². The van der Waals surface area contributed by atoms with Crippen LogP contribution in [0.4, 0.5) is 30.6 Å². The van der Waals surface area contributed by atoms with Crippen LogP contribution in [0.15, 0.2) is 30.7 Å². The molecule has 0 aromatic carbocycles. The van der Waals surface area contributed by atoms with Crippen molar-refractivity contribution >= 4 is 35.2 Å². The van der Waals surface area contributed by atoms with Gasteiger partial charge in [0.2, 0.25) is 23.7 Å². The predicted molar refractivity (Wildman–Crippen MR) is 156 cm³/mol. The van der Waals surface area contributed by atoms with Crippen LogP contribution >= 0.6 is 0 Å². The van der Waals surface area contributed by atoms with Gasteiger partial charge in [0.05, 0.1) is 31.0 Å². The van der Waals surface area contributed by atoms with Crippen molar-refractivity contribution in [1.82, 2.24) is 30.0 Å². The highest BCUT2D eigenvalue weighted by Crippen LogP contribution is 2.33. The van der Waals surface area contributed by atoms with Crippen LogP contribution in [-0.2, 0) is 33.6 Å². The standard InChI is InChI=1S/C28H35F3N10O3/c1-16-23-24(39(4)17(2)25(43)37-23)38-27(36-16)41(26(44)21(32)7-5-6-10-33-18(3)42)15-20-12-35-40(14-20)13-19-8-9-22(34-11-19)28(29,30)31/h8-9,11-12,14,17,21H,5-7,10,13,15,32H2,1-4H3,(H,33,42)(H,37,43)/t17-,21?/m0/s1. The molecule has 0 fully saturated rings. The number of nitrogens with zero attached hydrogens (tertiary/aromatic N) is 7. The Morgan fingerprint density at radius 3 is 2.59 bits per heavy atom. The molecule has 3 amide bonds. The Morgan fingerprint density at radius 1 is 1.18 bits per heavy atom. The number of nitrogens with one attached hydrogen (secondary N) is 2. The monoisotopic (exact) mass is 616 g/mol. The predicted octanol–water partition coefficient (Wildman–Crippen LogP) is 2.39. The SMILES string of the molecule is CC(=O)NCCCCC(N)C(=O)N(Cc1cnn(Cc2ccc(C(F)(F)F)nc2)c1)c1nc(C)c2c(n1)N(C)[C@@H](C)C(=O)N2. The zero-order valence-corrected chi connectivity index (χ0v) is 24.9. The van der Waals surface area contributed by atoms with Gasteiger partial charge in [0, 0.05) is 38.5 Å². The van der Waals surface area contributed by atoms with E-state index in [1.807, 2.05) is 0 Å². The number of halogens is 3. The van der Waals surface area contributed by atoms with E-state index in [0.717, 1.165) is 12.3 Å². The summed E-state index contributed by atoms with van der Waals surface area (Å²) in [5.41, 5.74) is 7.38. The summed E-state index contributed by atoms with van der Waals surface area (Å²) < 4.78 is 40.1. The van der Waals surface area contributed by atoms with Crippen LogP contribution in [0.2, 0.25) is 0 Å². The van der Waals surface area contributed by atoms with Gasteiger partial charge in [0.25, 0.3) is 0 Å². The molecule has 4 N–H and O–H groups in total. The second-order valence-corrected chi connectivity index (χ2v) is 10.7. The number of nitrogens with two attached hydrogens (primary N) is 1. The molecule has 13 nitrogen and oxygen atoms in total. The summed E-state index contributed by atoms with van der Waals surface area (Å²) in [6.07, 6.45) is 1.40. The third-order valence-corrected chi connectivity index (χ3v) is 7.23. The molecular formula is C28H35F3N10O3. The van der Waals surface area contributed by atoms with Crippen molar-refractivity contribution in [3.63, 3.8) is 0 Å². The van der Waals surface area contributed by atoms with Crippen LogP contribution in [0.25, 0.3) is 0 Å². The summed E-state index contributed by atoms with van der Waals surface area (Å²) in [6, 6.07) is 0.848. The summed E-state index contributed by atoms with van der Waals surface area (Å²) in [6.45, 7) is 5.50. The third-order valence-electron chi connectivity index (χ3n) is 7.23. The van der Waals surface area contributed by atoms with Gasteiger partial charge in [-0.15, -0.1) is 0 Å². The molecule has 3 aromatic rings. The van der Waals surface area contributed by atoms with Gasteiger partial charge in [0.15, 0.2) is 5.82 Å². The average molecular weight is 617 g/mol. The van der Waals surface area contributed by atoms with Crippen molar-refractivity contribution in [3.8, 4) is 0 Å². The first kappa shape index (κ1) is 32.3. The minimum atomic E-state index is -4.53. The minimum absolute atomic E-state index is 0.00748. The normalized spacial score (nSPS) is 15.4. The lowest BCUT2D eigenvalue weighted by Gasteiger charge is -2.33. The fourth-order valence-electron chi connectivity index (χ4n) is 4.61. The number of rotatable bonds is 11. The first-order valence-electron chi connectivity index (χ1n) is 14.0. The summed E-state index contributed by atoms with van der Waals surface area (Å²) >= 11 is 0. The maximum absolute atomic E-state index is 13.7. The Labute approximate surface area is 252 Å². The molecule has 0 saturated heterocycles. The molecule has 4 rings (SSSR count). The highest BCUT2D eigenvalue weighted by atomic mass is 19.4. The van der Waals surface area contributed by atoms with Crippen LogP contribution in [0.1, 0.15) is 55.6 Å². The lowest BCUT2D eigenvalue weighted by atomic mass is 10.1. The number of alkyl halides is 3. The van der Waals surface area contributed by atoms with Crippen LogP contribution in [0.3, 0.4) is 0 Å². The van der Waals surface area contributed by atoms with Gasteiger partial charge in [0.1, 0.15) is 17.4 Å². The Balaban J connectivity index is 1.57. The fraction of sp³-hybridized carbons (Fsp3) is 0.464. The summed E-state index contributed by atoms with van der Waals surface area (Å²) in [5.74, 6) is -0.230. The Morgan fingerprint density at radius 2 is 1.93 bits per heavy atom. The number of fused-ring (bicyclic) bond motifs is 1. The van der Waals surface area contributed by atoms with E-state index >= 15 is 0 Å². The number of amides is 3. The maximum atomic E-state index is 13.7. The first-order valence-corrected chi connectivity index (χ1v) is 14.0. The Kier molecular flexibility index (Phi) is 9.81. The van der Waals surface area contributed by atoms with Gasteiger partial charge in [-0.1, -0.05) is 6.07 Å². The van der Waals surface area contributed by atoms with Crippen molar-refractivity contribution in [2.75, 3.05) is 28.7 Å². The summed E-state index contributed by atoms with van der Waals surface area (Å²) in [5, 5.41) is 9.83. The number of pyridine rings is 1. The van der Waals surface area contributed by atoms with E-state index in [-0.39, 0.29) is 30.9 Å². The van der Waals surface area contributed by atoms with Crippen molar-refractivity contribution < 1.29 is 27.6 Å². The smallest absolute Gasteiger partial charge is 0.356 e. The molecule has 16 heteroatoms. The quantitative estimate of drug-likeness (QED) is 0.275. The molecule has 0 aliphatic carbocycles. The summed E-state index contributed by atoms with van der Waals surface area (Å²) in [4.78, 5) is 53.0. The molecule has 0 bridgehead atoms. The van der Waals surface area contributed by atoms with Crippen LogP contribution in [0, 0.1) is 6.92 Å². The highest BCUT2D eigenvalue weighted by molar-refractivity contribution is 6.03. The number of hydrogen-bond donors (Lipinski definition) is 3. The van der Waals surface area contributed by atoms with Crippen LogP contribution in [0.5, 0.6) is 0 Å². The second kappa shape index (κ2) is 13.4. The van der Waals surface area contributed by atoms with E-state index in [4.69, 9.17) is 5.73 Å². The third kappa shape index (κ3) is 7.67. The lowest BCUT2D eigenvalue weighted by Crippen LogP contribution is -2.46. The second-order valence-electron chi connectivity index (χ2n) is 10.7. The number of anilines is 3. The highest BCUT2D eigenvalue weighted by Gasteiger charge is 2.33. The van der Waals surface area contributed by atoms with Crippen molar-refractivity contribution in [2.24, 2.45) is 5.73 Å². The van der Waals surface area contributed by atoms with Gasteiger partial charge < -0.3 is 21.3 Å². The van der Waals surface area contributed by atoms with E-state index in [0.29, 0.717) is 54.1 Å². The molecule has 1 aliphatic rings. The van der Waals surface area contributed by atoms with Gasteiger partial charge >= 0.3 is 6.18 Å². The molecular weight excluding hydrogens is 581 g/mol. The number of carbonyl (C=O) groups excluding carboxylic acids is 3. The van der Waals surface area contributed by atoms with Crippen molar-refractivity contribution in [3.05, 3.63) is 53.2 Å². The van der Waals surface area contributed by atoms with E-state index in [1.165, 1.54) is 28.8 Å². The van der Waals surface area contributed by atoms with Gasteiger partial charge in [-0.05, 0) is 44.7 Å². The van der Waals surface area contributed by atoms with Gasteiger partial charge in [-0.3, -0.25) is 28.9 Å². The molecule has 1 unspecified atom stereocenters. The topological polar surface area (TPSA) is 164 Å². The van der Waals surface area contributed by atoms with Crippen LogP contribution in [-0.4, -0.2) is 68.1 Å². The number of aryl methyl sites for hydroxylation is 1. The van der Waals surface area contributed by atoms with Gasteiger partial charge in [-0.25, -0.2) is 4.98 Å². The van der Waals surface area contributed by atoms with E-state index in [1.54, 1.807) is 32.0 Å². The number of likely N-dealkylation sites (N-methyl/N-ethyl adjacent to an activating group) is 1. The number of aromatic nitrogens is 5. The van der Waals surface area contributed by atoms with Crippen LogP contribution < -0.4 is 26.2 Å². The van der Waals surface area contributed by atoms with Gasteiger partial charge in [-0.2, -0.15) is 23.3 Å². The molecule has 236 valence electrons.